The second-order valence-corrected chi connectivity index (χ2v) is 7.68. The topological polar surface area (TPSA) is 72.2 Å². The Morgan fingerprint density at radius 1 is 1.20 bits per heavy atom. The van der Waals surface area contributed by atoms with E-state index in [0.717, 1.165) is 18.4 Å². The van der Waals surface area contributed by atoms with Gasteiger partial charge in [0, 0.05) is 26.7 Å². The maximum Gasteiger partial charge on any atom is 0.257 e. The lowest BCUT2D eigenvalue weighted by Crippen LogP contribution is -2.46. The fourth-order valence-electron chi connectivity index (χ4n) is 3.90. The molecule has 30 heavy (non-hydrogen) atoms. The van der Waals surface area contributed by atoms with Crippen LogP contribution in [0.4, 0.5) is 0 Å². The molecule has 1 aromatic heterocycles. The van der Waals surface area contributed by atoms with Crippen LogP contribution in [0, 0.1) is 12.8 Å². The molecule has 2 amide bonds. The Hall–Kier alpha value is -2.96. The van der Waals surface area contributed by atoms with Crippen molar-refractivity contribution < 1.29 is 23.5 Å². The second kappa shape index (κ2) is 9.69. The molecule has 1 saturated heterocycles. The second-order valence-electron chi connectivity index (χ2n) is 7.68. The number of likely N-dealkylation sites (N-methyl/N-ethyl adjacent to an activating group) is 1. The molecule has 2 heterocycles. The predicted molar refractivity (Wildman–Crippen MR) is 113 cm³/mol. The minimum atomic E-state index is -0.176. The summed E-state index contributed by atoms with van der Waals surface area (Å²) in [6, 6.07) is 7.48. The fraction of sp³-hybridized carbons (Fsp3) is 0.478. The molecule has 2 aromatic rings. The molecule has 0 N–H and O–H groups in total. The van der Waals surface area contributed by atoms with Gasteiger partial charge in [0.05, 0.1) is 32.0 Å². The van der Waals surface area contributed by atoms with Crippen LogP contribution in [-0.4, -0.2) is 62.5 Å². The molecule has 0 saturated carbocycles. The highest BCUT2D eigenvalue weighted by Gasteiger charge is 2.31. The number of rotatable bonds is 7. The summed E-state index contributed by atoms with van der Waals surface area (Å²) < 4.78 is 15.9. The summed E-state index contributed by atoms with van der Waals surface area (Å²) in [4.78, 5) is 29.3. The van der Waals surface area contributed by atoms with Gasteiger partial charge in [0.1, 0.15) is 5.76 Å². The van der Waals surface area contributed by atoms with Gasteiger partial charge < -0.3 is 23.7 Å². The molecule has 162 valence electrons. The van der Waals surface area contributed by atoms with Crippen LogP contribution in [0.3, 0.4) is 0 Å². The van der Waals surface area contributed by atoms with Crippen LogP contribution in [0.2, 0.25) is 0 Å². The van der Waals surface area contributed by atoms with E-state index in [0.29, 0.717) is 48.9 Å². The Bertz CT molecular complexity index is 891. The first-order valence-electron chi connectivity index (χ1n) is 10.2. The molecule has 0 radical (unpaired) electrons. The summed E-state index contributed by atoms with van der Waals surface area (Å²) in [5, 5.41) is 0. The van der Waals surface area contributed by atoms with Gasteiger partial charge in [-0.3, -0.25) is 9.59 Å². The maximum absolute atomic E-state index is 13.0. The molecule has 0 spiro atoms. The van der Waals surface area contributed by atoms with Gasteiger partial charge in [-0.2, -0.15) is 0 Å². The molecule has 1 aromatic carbocycles. The number of benzene rings is 1. The van der Waals surface area contributed by atoms with Crippen molar-refractivity contribution in [1.29, 1.82) is 0 Å². The zero-order valence-corrected chi connectivity index (χ0v) is 18.1. The van der Waals surface area contributed by atoms with Gasteiger partial charge in [0.2, 0.25) is 5.91 Å². The van der Waals surface area contributed by atoms with Crippen molar-refractivity contribution in [3.05, 3.63) is 47.4 Å². The molecule has 7 nitrogen and oxygen atoms in total. The molecule has 7 heteroatoms. The highest BCUT2D eigenvalue weighted by molar-refractivity contribution is 5.95. The number of ether oxygens (including phenoxy) is 2. The highest BCUT2D eigenvalue weighted by atomic mass is 16.5. The number of hydrogen-bond acceptors (Lipinski definition) is 5. The number of amides is 2. The van der Waals surface area contributed by atoms with Gasteiger partial charge in [0.25, 0.3) is 5.91 Å². The first kappa shape index (κ1) is 21.7. The third-order valence-electron chi connectivity index (χ3n) is 5.71. The lowest BCUT2D eigenvalue weighted by Gasteiger charge is -2.34. The minimum Gasteiger partial charge on any atom is -0.493 e. The summed E-state index contributed by atoms with van der Waals surface area (Å²) in [7, 11) is 5.04. The number of hydrogen-bond donors (Lipinski definition) is 0. The van der Waals surface area contributed by atoms with Crippen molar-refractivity contribution in [2.45, 2.75) is 26.2 Å². The van der Waals surface area contributed by atoms with Crippen molar-refractivity contribution in [1.82, 2.24) is 9.80 Å². The fourth-order valence-corrected chi connectivity index (χ4v) is 3.90. The first-order chi connectivity index (χ1) is 14.4. The lowest BCUT2D eigenvalue weighted by molar-refractivity contribution is -0.135. The first-order valence-corrected chi connectivity index (χ1v) is 10.2. The number of carbonyl (C=O) groups excluding carboxylic acids is 2. The summed E-state index contributed by atoms with van der Waals surface area (Å²) >= 11 is 0. The van der Waals surface area contributed by atoms with Crippen LogP contribution in [-0.2, 0) is 11.2 Å². The number of likely N-dealkylation sites (tertiary alicyclic amines) is 1. The van der Waals surface area contributed by atoms with E-state index in [4.69, 9.17) is 13.9 Å². The molecule has 1 unspecified atom stereocenters. The summed E-state index contributed by atoms with van der Waals surface area (Å²) in [5.74, 6) is 1.82. The van der Waals surface area contributed by atoms with Crippen molar-refractivity contribution >= 4 is 11.8 Å². The van der Waals surface area contributed by atoms with Crippen LogP contribution < -0.4 is 9.47 Å². The number of methoxy groups -OCH3 is 2. The number of piperidine rings is 1. The Balaban J connectivity index is 1.57. The molecule has 1 aliphatic rings. The third kappa shape index (κ3) is 4.78. The average Bonchev–Trinajstić information content (AvgIpc) is 3.21. The Morgan fingerprint density at radius 2 is 1.97 bits per heavy atom. The zero-order valence-electron chi connectivity index (χ0n) is 18.1. The lowest BCUT2D eigenvalue weighted by atomic mass is 9.95. The Kier molecular flexibility index (Phi) is 7.03. The number of furan rings is 1. The zero-order chi connectivity index (χ0) is 21.7. The van der Waals surface area contributed by atoms with Gasteiger partial charge in [-0.1, -0.05) is 6.07 Å². The largest absolute Gasteiger partial charge is 0.493 e. The van der Waals surface area contributed by atoms with Crippen molar-refractivity contribution in [2.75, 3.05) is 40.9 Å². The van der Waals surface area contributed by atoms with E-state index < -0.39 is 0 Å². The summed E-state index contributed by atoms with van der Waals surface area (Å²) in [5.41, 5.74) is 1.65. The molecule has 3 rings (SSSR count). The number of nitrogens with zero attached hydrogens (tertiary/aromatic N) is 2. The van der Waals surface area contributed by atoms with E-state index in [9.17, 15) is 9.59 Å². The third-order valence-corrected chi connectivity index (χ3v) is 5.71. The number of aryl methyl sites for hydroxylation is 1. The van der Waals surface area contributed by atoms with Gasteiger partial charge in [-0.25, -0.2) is 0 Å². The Morgan fingerprint density at radius 3 is 2.63 bits per heavy atom. The van der Waals surface area contributed by atoms with Gasteiger partial charge in [0.15, 0.2) is 11.5 Å². The summed E-state index contributed by atoms with van der Waals surface area (Å²) in [6.45, 7) is 3.49. The molecule has 0 bridgehead atoms. The SMILES string of the molecule is COc1ccc(CCN(C)C(=O)C2CCCN(C(=O)c3ccoc3C)C2)cc1OC. The van der Waals surface area contributed by atoms with Gasteiger partial charge in [-0.15, -0.1) is 0 Å². The monoisotopic (exact) mass is 414 g/mol. The molecule has 1 fully saturated rings. The molecule has 0 aliphatic carbocycles. The maximum atomic E-state index is 13.0. The molecular formula is C23H30N2O5. The van der Waals surface area contributed by atoms with Crippen LogP contribution in [0.5, 0.6) is 11.5 Å². The van der Waals surface area contributed by atoms with E-state index in [2.05, 4.69) is 0 Å². The van der Waals surface area contributed by atoms with Crippen LogP contribution in [0.1, 0.15) is 34.5 Å². The molecular weight excluding hydrogens is 384 g/mol. The van der Waals surface area contributed by atoms with E-state index in [1.54, 1.807) is 37.0 Å². The standard InChI is InChI=1S/C23H30N2O5/c1-16-19(10-13-30-16)23(27)25-11-5-6-18(15-25)22(26)24(2)12-9-17-7-8-20(28-3)21(14-17)29-4/h7-8,10,13-14,18H,5-6,9,11-12,15H2,1-4H3. The average molecular weight is 415 g/mol. The van der Waals surface area contributed by atoms with Crippen LogP contribution >= 0.6 is 0 Å². The summed E-state index contributed by atoms with van der Waals surface area (Å²) in [6.07, 6.45) is 3.86. The van der Waals surface area contributed by atoms with E-state index in [-0.39, 0.29) is 17.7 Å². The quantitative estimate of drug-likeness (QED) is 0.696. The van der Waals surface area contributed by atoms with Gasteiger partial charge in [-0.05, 0) is 49.9 Å². The number of carbonyl (C=O) groups is 2. The normalized spacial score (nSPS) is 16.3. The predicted octanol–water partition coefficient (Wildman–Crippen LogP) is 3.16. The van der Waals surface area contributed by atoms with Crippen LogP contribution in [0.15, 0.2) is 34.9 Å². The smallest absolute Gasteiger partial charge is 0.257 e. The van der Waals surface area contributed by atoms with E-state index in [1.165, 1.54) is 6.26 Å². The highest BCUT2D eigenvalue weighted by Crippen LogP contribution is 2.28. The van der Waals surface area contributed by atoms with E-state index in [1.807, 2.05) is 25.2 Å². The van der Waals surface area contributed by atoms with Crippen molar-refractivity contribution in [2.24, 2.45) is 5.92 Å². The Labute approximate surface area is 177 Å². The molecule has 1 aliphatic heterocycles. The van der Waals surface area contributed by atoms with E-state index >= 15 is 0 Å². The van der Waals surface area contributed by atoms with Crippen LogP contribution in [0.25, 0.3) is 0 Å². The minimum absolute atomic E-state index is 0.0632. The van der Waals surface area contributed by atoms with Gasteiger partial charge >= 0.3 is 0 Å². The van der Waals surface area contributed by atoms with Crippen molar-refractivity contribution in [3.63, 3.8) is 0 Å². The molecule has 1 atom stereocenters. The van der Waals surface area contributed by atoms with Crippen molar-refractivity contribution in [3.8, 4) is 11.5 Å².